The summed E-state index contributed by atoms with van der Waals surface area (Å²) < 4.78 is 31.7. The Morgan fingerprint density at radius 2 is 1.68 bits per heavy atom. The normalized spacial score (nSPS) is 23.9. The van der Waals surface area contributed by atoms with Crippen molar-refractivity contribution in [2.75, 3.05) is 26.2 Å². The minimum Gasteiger partial charge on any atom is -0.475 e. The predicted octanol–water partition coefficient (Wildman–Crippen LogP) is 1.63. The van der Waals surface area contributed by atoms with E-state index in [1.165, 1.54) is 32.4 Å². The molecule has 2 saturated heterocycles. The summed E-state index contributed by atoms with van der Waals surface area (Å²) >= 11 is 0. The van der Waals surface area contributed by atoms with Crippen LogP contribution in [-0.4, -0.2) is 54.2 Å². The lowest BCUT2D eigenvalue weighted by Crippen LogP contribution is -2.44. The van der Waals surface area contributed by atoms with Gasteiger partial charge in [0.05, 0.1) is 0 Å². The highest BCUT2D eigenvalue weighted by Gasteiger charge is 2.41. The standard InChI is InChI=1S/C12H20N2O.C2HF3O2/c15-11(10-1-2-10)14-7-4-12(5-8-14)3-6-13-9-12;3-2(4,5)1(6)7/h10,13H,1-9H2;(H,6,7). The number of carboxylic acid groups (broad SMARTS) is 1. The van der Waals surface area contributed by atoms with Crippen molar-refractivity contribution in [3.8, 4) is 0 Å². The Hall–Kier alpha value is -1.31. The molecule has 1 spiro atoms. The number of hydrogen-bond donors (Lipinski definition) is 2. The van der Waals surface area contributed by atoms with Crippen LogP contribution in [0.3, 0.4) is 0 Å². The monoisotopic (exact) mass is 322 g/mol. The molecule has 1 aliphatic carbocycles. The molecule has 0 bridgehead atoms. The van der Waals surface area contributed by atoms with Gasteiger partial charge in [-0.2, -0.15) is 13.2 Å². The molecule has 22 heavy (non-hydrogen) atoms. The van der Waals surface area contributed by atoms with Crippen LogP contribution in [0.5, 0.6) is 0 Å². The number of piperidine rings is 1. The summed E-state index contributed by atoms with van der Waals surface area (Å²) in [5.41, 5.74) is 0.542. The predicted molar refractivity (Wildman–Crippen MR) is 72.1 cm³/mol. The first-order chi connectivity index (χ1) is 10.2. The number of carbonyl (C=O) groups is 2. The van der Waals surface area contributed by atoms with Gasteiger partial charge in [-0.15, -0.1) is 0 Å². The van der Waals surface area contributed by atoms with E-state index in [2.05, 4.69) is 10.2 Å². The second-order valence-electron chi connectivity index (χ2n) is 6.33. The zero-order valence-corrected chi connectivity index (χ0v) is 12.3. The maximum atomic E-state index is 11.9. The molecule has 0 aromatic heterocycles. The van der Waals surface area contributed by atoms with E-state index in [1.54, 1.807) is 0 Å². The molecule has 0 atom stereocenters. The van der Waals surface area contributed by atoms with Gasteiger partial charge in [0.1, 0.15) is 0 Å². The molecule has 3 aliphatic rings. The zero-order chi connectivity index (χ0) is 16.4. The van der Waals surface area contributed by atoms with Crippen molar-refractivity contribution in [2.45, 2.75) is 38.3 Å². The lowest BCUT2D eigenvalue weighted by molar-refractivity contribution is -0.192. The van der Waals surface area contributed by atoms with Crippen molar-refractivity contribution >= 4 is 11.9 Å². The fourth-order valence-electron chi connectivity index (χ4n) is 3.01. The number of aliphatic carboxylic acids is 1. The van der Waals surface area contributed by atoms with Crippen molar-refractivity contribution < 1.29 is 27.9 Å². The van der Waals surface area contributed by atoms with E-state index < -0.39 is 12.1 Å². The minimum absolute atomic E-state index is 0.403. The van der Waals surface area contributed by atoms with Crippen molar-refractivity contribution in [3.05, 3.63) is 0 Å². The van der Waals surface area contributed by atoms with E-state index in [0.29, 0.717) is 17.2 Å². The number of nitrogens with zero attached hydrogens (tertiary/aromatic N) is 1. The van der Waals surface area contributed by atoms with Crippen LogP contribution in [0.2, 0.25) is 0 Å². The molecule has 1 saturated carbocycles. The third-order valence-electron chi connectivity index (χ3n) is 4.64. The van der Waals surface area contributed by atoms with Gasteiger partial charge in [0.15, 0.2) is 0 Å². The van der Waals surface area contributed by atoms with Gasteiger partial charge in [-0.3, -0.25) is 4.79 Å². The van der Waals surface area contributed by atoms with Crippen LogP contribution < -0.4 is 5.32 Å². The number of carbonyl (C=O) groups excluding carboxylic acids is 1. The lowest BCUT2D eigenvalue weighted by atomic mass is 9.78. The molecule has 3 rings (SSSR count). The molecule has 2 N–H and O–H groups in total. The van der Waals surface area contributed by atoms with Crippen LogP contribution in [0.25, 0.3) is 0 Å². The number of hydrogen-bond acceptors (Lipinski definition) is 3. The Morgan fingerprint density at radius 3 is 2.05 bits per heavy atom. The third kappa shape index (κ3) is 4.34. The van der Waals surface area contributed by atoms with E-state index in [1.807, 2.05) is 0 Å². The van der Waals surface area contributed by atoms with Crippen molar-refractivity contribution in [1.82, 2.24) is 10.2 Å². The topological polar surface area (TPSA) is 69.6 Å². The molecule has 2 aliphatic heterocycles. The third-order valence-corrected chi connectivity index (χ3v) is 4.64. The lowest BCUT2D eigenvalue weighted by Gasteiger charge is -2.39. The summed E-state index contributed by atoms with van der Waals surface area (Å²) in [7, 11) is 0. The second-order valence-corrected chi connectivity index (χ2v) is 6.33. The van der Waals surface area contributed by atoms with Gasteiger partial charge < -0.3 is 15.3 Å². The smallest absolute Gasteiger partial charge is 0.475 e. The Bertz CT molecular complexity index is 420. The van der Waals surface area contributed by atoms with Crippen molar-refractivity contribution in [1.29, 1.82) is 0 Å². The van der Waals surface area contributed by atoms with E-state index in [0.717, 1.165) is 25.9 Å². The minimum atomic E-state index is -5.08. The Morgan fingerprint density at radius 1 is 1.14 bits per heavy atom. The van der Waals surface area contributed by atoms with Crippen LogP contribution >= 0.6 is 0 Å². The van der Waals surface area contributed by atoms with Gasteiger partial charge in [-0.25, -0.2) is 4.79 Å². The quantitative estimate of drug-likeness (QED) is 0.770. The Balaban J connectivity index is 0.000000217. The van der Waals surface area contributed by atoms with Gasteiger partial charge in [-0.05, 0) is 44.1 Å². The Kier molecular flexibility index (Phi) is 4.99. The summed E-state index contributed by atoms with van der Waals surface area (Å²) in [4.78, 5) is 22.9. The molecular formula is C14H21F3N2O3. The molecule has 1 amide bonds. The largest absolute Gasteiger partial charge is 0.490 e. The number of likely N-dealkylation sites (tertiary alicyclic amines) is 1. The van der Waals surface area contributed by atoms with Gasteiger partial charge in [0.2, 0.25) is 5.91 Å². The molecule has 5 nitrogen and oxygen atoms in total. The van der Waals surface area contributed by atoms with E-state index in [4.69, 9.17) is 9.90 Å². The Labute approximate surface area is 126 Å². The summed E-state index contributed by atoms with van der Waals surface area (Å²) in [5, 5.41) is 10.6. The number of nitrogens with one attached hydrogen (secondary N) is 1. The average molecular weight is 322 g/mol. The van der Waals surface area contributed by atoms with Gasteiger partial charge >= 0.3 is 12.1 Å². The summed E-state index contributed by atoms with van der Waals surface area (Å²) in [6.45, 7) is 4.38. The molecule has 0 unspecified atom stereocenters. The highest BCUT2D eigenvalue weighted by Crippen LogP contribution is 2.39. The molecule has 0 aromatic rings. The first-order valence-corrected chi connectivity index (χ1v) is 7.53. The molecule has 2 heterocycles. The van der Waals surface area contributed by atoms with Crippen molar-refractivity contribution in [3.63, 3.8) is 0 Å². The maximum absolute atomic E-state index is 11.9. The number of amides is 1. The maximum Gasteiger partial charge on any atom is 0.490 e. The van der Waals surface area contributed by atoms with E-state index >= 15 is 0 Å². The molecule has 126 valence electrons. The number of carboxylic acids is 1. The van der Waals surface area contributed by atoms with Crippen LogP contribution in [0, 0.1) is 11.3 Å². The van der Waals surface area contributed by atoms with E-state index in [-0.39, 0.29) is 0 Å². The molecule has 0 aromatic carbocycles. The van der Waals surface area contributed by atoms with Crippen LogP contribution in [0.4, 0.5) is 13.2 Å². The molecule has 3 fully saturated rings. The van der Waals surface area contributed by atoms with E-state index in [9.17, 15) is 18.0 Å². The summed E-state index contributed by atoms with van der Waals surface area (Å²) in [5.74, 6) is -1.91. The summed E-state index contributed by atoms with van der Waals surface area (Å²) in [6.07, 6.45) is 0.958. The summed E-state index contributed by atoms with van der Waals surface area (Å²) in [6, 6.07) is 0. The fraction of sp³-hybridized carbons (Fsp3) is 0.857. The van der Waals surface area contributed by atoms with Crippen LogP contribution in [-0.2, 0) is 9.59 Å². The molecule has 0 radical (unpaired) electrons. The zero-order valence-electron chi connectivity index (χ0n) is 12.3. The second kappa shape index (κ2) is 6.44. The van der Waals surface area contributed by atoms with Gasteiger partial charge in [-0.1, -0.05) is 0 Å². The van der Waals surface area contributed by atoms with Crippen molar-refractivity contribution in [2.24, 2.45) is 11.3 Å². The highest BCUT2D eigenvalue weighted by molar-refractivity contribution is 5.81. The SMILES string of the molecule is O=C(C1CC1)N1CCC2(CCNC2)CC1.O=C(O)C(F)(F)F. The van der Waals surface area contributed by atoms with Gasteiger partial charge in [0.25, 0.3) is 0 Å². The first kappa shape index (κ1) is 17.1. The molecular weight excluding hydrogens is 301 g/mol. The molecule has 8 heteroatoms. The van der Waals surface area contributed by atoms with Crippen LogP contribution in [0.15, 0.2) is 0 Å². The van der Waals surface area contributed by atoms with Gasteiger partial charge in [0, 0.05) is 25.6 Å². The highest BCUT2D eigenvalue weighted by atomic mass is 19.4. The van der Waals surface area contributed by atoms with Crippen LogP contribution in [0.1, 0.15) is 32.1 Å². The average Bonchev–Trinajstić information content (AvgIpc) is 3.21. The first-order valence-electron chi connectivity index (χ1n) is 7.53. The number of rotatable bonds is 1. The fourth-order valence-corrected chi connectivity index (χ4v) is 3.01. The number of alkyl halides is 3. The number of halogens is 3.